The summed E-state index contributed by atoms with van der Waals surface area (Å²) < 4.78 is 11.3. The molecule has 0 atom stereocenters. The second-order valence-electron chi connectivity index (χ2n) is 6.16. The van der Waals surface area contributed by atoms with Crippen molar-refractivity contribution < 1.29 is 14.1 Å². The van der Waals surface area contributed by atoms with Gasteiger partial charge in [0.05, 0.1) is 0 Å². The van der Waals surface area contributed by atoms with E-state index in [-0.39, 0.29) is 0 Å². The molecule has 0 aliphatic rings. The maximum Gasteiger partial charge on any atom is 0.569 e. The number of rotatable bonds is 3. The normalized spacial score (nSPS) is 11.3. The third-order valence-corrected chi connectivity index (χ3v) is 4.75. The van der Waals surface area contributed by atoms with E-state index in [1.54, 1.807) is 6.07 Å². The van der Waals surface area contributed by atoms with Gasteiger partial charge in [-0.05, 0) is 34.0 Å². The first-order valence-electron chi connectivity index (χ1n) is 8.42. The van der Waals surface area contributed by atoms with Gasteiger partial charge in [0, 0.05) is 10.8 Å². The van der Waals surface area contributed by atoms with Crippen LogP contribution in [0, 0.1) is 0 Å². The molecule has 0 saturated heterocycles. The van der Waals surface area contributed by atoms with Crippen LogP contribution in [-0.2, 0) is 0 Å². The number of hydrogen-bond acceptors (Lipinski definition) is 3. The number of furan rings is 1. The summed E-state index contributed by atoms with van der Waals surface area (Å²) in [5.41, 5.74) is 3.69. The fourth-order valence-electron chi connectivity index (χ4n) is 3.66. The number of fused-ring (bicyclic) bond motifs is 4. The Morgan fingerprint density at radius 1 is 0.731 bits per heavy atom. The summed E-state index contributed by atoms with van der Waals surface area (Å²) in [5.74, 6) is 0.491. The van der Waals surface area contributed by atoms with Gasteiger partial charge in [0.25, 0.3) is 0 Å². The molecule has 0 fully saturated rings. The van der Waals surface area contributed by atoms with E-state index in [0.717, 1.165) is 27.5 Å². The molecule has 5 rings (SSSR count). The summed E-state index contributed by atoms with van der Waals surface area (Å²) in [6, 6.07) is 26.5. The molecule has 0 aliphatic heterocycles. The van der Waals surface area contributed by atoms with E-state index in [4.69, 9.17) is 14.1 Å². The summed E-state index contributed by atoms with van der Waals surface area (Å²) >= 11 is 0. The monoisotopic (exact) mass is 337 g/mol. The van der Waals surface area contributed by atoms with Crippen molar-refractivity contribution in [3.8, 4) is 16.9 Å². The zero-order valence-electron chi connectivity index (χ0n) is 13.8. The lowest BCUT2D eigenvalue weighted by molar-refractivity contribution is 0.451. The van der Waals surface area contributed by atoms with E-state index in [0.29, 0.717) is 19.0 Å². The molecule has 26 heavy (non-hydrogen) atoms. The highest BCUT2D eigenvalue weighted by Crippen LogP contribution is 2.41. The zero-order valence-corrected chi connectivity index (χ0v) is 13.8. The first-order chi connectivity index (χ1) is 12.9. The average molecular weight is 337 g/mol. The SMILES string of the molecule is O[B]Oc1cccc2c1oc1cccc(-c3cccc4ccccc34)c12. The minimum atomic E-state index is 0.491. The van der Waals surface area contributed by atoms with Crippen molar-refractivity contribution in [1.82, 2.24) is 0 Å². The van der Waals surface area contributed by atoms with E-state index < -0.39 is 0 Å². The molecule has 1 radical (unpaired) electrons. The second-order valence-corrected chi connectivity index (χ2v) is 6.16. The maximum absolute atomic E-state index is 9.02. The Morgan fingerprint density at radius 3 is 2.38 bits per heavy atom. The van der Waals surface area contributed by atoms with Crippen molar-refractivity contribution in [2.75, 3.05) is 0 Å². The average Bonchev–Trinajstić information content (AvgIpc) is 3.08. The predicted molar refractivity (Wildman–Crippen MR) is 105 cm³/mol. The lowest BCUT2D eigenvalue weighted by Crippen LogP contribution is -1.99. The molecule has 1 aromatic heterocycles. The minimum Gasteiger partial charge on any atom is -0.535 e. The fraction of sp³-hybridized carbons (Fsp3) is 0. The quantitative estimate of drug-likeness (QED) is 0.454. The van der Waals surface area contributed by atoms with Crippen LogP contribution in [0.2, 0.25) is 0 Å². The van der Waals surface area contributed by atoms with Crippen LogP contribution >= 0.6 is 0 Å². The second kappa shape index (κ2) is 5.93. The van der Waals surface area contributed by atoms with Crippen molar-refractivity contribution in [2.24, 2.45) is 0 Å². The molecule has 0 bridgehead atoms. The molecule has 123 valence electrons. The van der Waals surface area contributed by atoms with Gasteiger partial charge in [-0.1, -0.05) is 66.7 Å². The van der Waals surface area contributed by atoms with Crippen LogP contribution in [0.15, 0.2) is 83.3 Å². The molecule has 5 aromatic rings. The Hall–Kier alpha value is -3.24. The summed E-state index contributed by atoms with van der Waals surface area (Å²) in [6.07, 6.45) is 0. The van der Waals surface area contributed by atoms with Crippen LogP contribution in [0.3, 0.4) is 0 Å². The van der Waals surface area contributed by atoms with Gasteiger partial charge in [-0.3, -0.25) is 0 Å². The molecule has 0 saturated carbocycles. The Morgan fingerprint density at radius 2 is 1.46 bits per heavy atom. The first-order valence-corrected chi connectivity index (χ1v) is 8.42. The van der Waals surface area contributed by atoms with E-state index in [9.17, 15) is 0 Å². The van der Waals surface area contributed by atoms with Gasteiger partial charge in [-0.2, -0.15) is 0 Å². The van der Waals surface area contributed by atoms with Crippen molar-refractivity contribution in [2.45, 2.75) is 0 Å². The molecular weight excluding hydrogens is 323 g/mol. The molecule has 1 N–H and O–H groups in total. The van der Waals surface area contributed by atoms with Crippen LogP contribution in [0.1, 0.15) is 0 Å². The highest BCUT2D eigenvalue weighted by Gasteiger charge is 2.16. The van der Waals surface area contributed by atoms with Crippen LogP contribution in [-0.4, -0.2) is 12.7 Å². The summed E-state index contributed by atoms with van der Waals surface area (Å²) in [5, 5.41) is 13.4. The molecule has 4 heteroatoms. The van der Waals surface area contributed by atoms with Gasteiger partial charge >= 0.3 is 7.69 Å². The van der Waals surface area contributed by atoms with E-state index in [2.05, 4.69) is 48.5 Å². The van der Waals surface area contributed by atoms with Crippen LogP contribution in [0.4, 0.5) is 0 Å². The van der Waals surface area contributed by atoms with E-state index in [1.807, 2.05) is 24.3 Å². The van der Waals surface area contributed by atoms with E-state index >= 15 is 0 Å². The molecular formula is C22H14BO3. The molecule has 1 heterocycles. The Kier molecular flexibility index (Phi) is 3.44. The Balaban J connectivity index is 1.89. The Bertz CT molecular complexity index is 1250. The largest absolute Gasteiger partial charge is 0.569 e. The van der Waals surface area contributed by atoms with Crippen molar-refractivity contribution in [1.29, 1.82) is 0 Å². The topological polar surface area (TPSA) is 42.6 Å². The predicted octanol–water partition coefficient (Wildman–Crippen LogP) is 5.31. The third kappa shape index (κ3) is 2.20. The van der Waals surface area contributed by atoms with Gasteiger partial charge < -0.3 is 14.1 Å². The molecule has 4 aromatic carbocycles. The Labute approximate surface area is 150 Å². The fourth-order valence-corrected chi connectivity index (χ4v) is 3.66. The molecule has 3 nitrogen and oxygen atoms in total. The number of benzene rings is 4. The van der Waals surface area contributed by atoms with Gasteiger partial charge in [0.15, 0.2) is 5.58 Å². The van der Waals surface area contributed by atoms with Crippen molar-refractivity contribution >= 4 is 40.4 Å². The van der Waals surface area contributed by atoms with Crippen LogP contribution < -0.4 is 4.65 Å². The van der Waals surface area contributed by atoms with Gasteiger partial charge in [0.1, 0.15) is 11.3 Å². The van der Waals surface area contributed by atoms with Crippen LogP contribution in [0.5, 0.6) is 5.75 Å². The molecule has 0 aliphatic carbocycles. The smallest absolute Gasteiger partial charge is 0.535 e. The first kappa shape index (κ1) is 15.1. The zero-order chi connectivity index (χ0) is 17.5. The standard InChI is InChI=1S/C22H14BO3/c24-23-26-20-13-5-11-18-21-17(10-4-12-19(21)25-22(18)20)16-9-3-7-14-6-1-2-8-15(14)16/h1-13,24H. The molecule has 0 unspecified atom stereocenters. The van der Waals surface area contributed by atoms with E-state index in [1.165, 1.54) is 10.8 Å². The molecule has 0 spiro atoms. The lowest BCUT2D eigenvalue weighted by atomic mass is 9.95. The molecule has 0 amide bonds. The van der Waals surface area contributed by atoms with Crippen LogP contribution in [0.25, 0.3) is 43.8 Å². The number of para-hydroxylation sites is 1. The van der Waals surface area contributed by atoms with Crippen molar-refractivity contribution in [3.63, 3.8) is 0 Å². The highest BCUT2D eigenvalue weighted by atomic mass is 16.5. The summed E-state index contributed by atoms with van der Waals surface area (Å²) in [6.45, 7) is 0. The summed E-state index contributed by atoms with van der Waals surface area (Å²) in [4.78, 5) is 0. The maximum atomic E-state index is 9.02. The van der Waals surface area contributed by atoms with Gasteiger partial charge in [0.2, 0.25) is 0 Å². The minimum absolute atomic E-state index is 0.491. The van der Waals surface area contributed by atoms with Gasteiger partial charge in [-0.15, -0.1) is 0 Å². The van der Waals surface area contributed by atoms with Crippen molar-refractivity contribution in [3.05, 3.63) is 78.9 Å². The number of hydrogen-bond donors (Lipinski definition) is 1. The highest BCUT2D eigenvalue weighted by molar-refractivity contribution is 6.20. The summed E-state index contributed by atoms with van der Waals surface area (Å²) in [7, 11) is 0.674. The third-order valence-electron chi connectivity index (χ3n) is 4.75. The lowest BCUT2D eigenvalue weighted by Gasteiger charge is -2.08. The van der Waals surface area contributed by atoms with Gasteiger partial charge in [-0.25, -0.2) is 0 Å².